The van der Waals surface area contributed by atoms with Crippen LogP contribution in [-0.2, 0) is 23.8 Å². The van der Waals surface area contributed by atoms with Crippen LogP contribution in [0.15, 0.2) is 29.1 Å². The van der Waals surface area contributed by atoms with Gasteiger partial charge in [0.25, 0.3) is 5.56 Å². The van der Waals surface area contributed by atoms with E-state index in [0.29, 0.717) is 16.0 Å². The lowest BCUT2D eigenvalue weighted by Gasteiger charge is -2.19. The average molecular weight is 435 g/mol. The normalized spacial score (nSPS) is 15.1. The lowest BCUT2D eigenvalue weighted by molar-refractivity contribution is -0.137. The van der Waals surface area contributed by atoms with E-state index < -0.39 is 23.7 Å². The third-order valence-corrected chi connectivity index (χ3v) is 6.64. The van der Waals surface area contributed by atoms with E-state index in [4.69, 9.17) is 0 Å². The molecule has 9 heteroatoms. The number of anilines is 1. The molecule has 4 rings (SSSR count). The van der Waals surface area contributed by atoms with Crippen LogP contribution < -0.4 is 10.9 Å². The fourth-order valence-electron chi connectivity index (χ4n) is 3.97. The predicted octanol–water partition coefficient (Wildman–Crippen LogP) is 4.86. The highest BCUT2D eigenvalue weighted by atomic mass is 32.1. The van der Waals surface area contributed by atoms with Crippen LogP contribution in [0.5, 0.6) is 0 Å². The number of nitrogens with one attached hydrogen (secondary N) is 1. The molecule has 1 atom stereocenters. The molecule has 1 aliphatic rings. The van der Waals surface area contributed by atoms with Crippen molar-refractivity contribution in [1.29, 1.82) is 0 Å². The van der Waals surface area contributed by atoms with Gasteiger partial charge in [-0.25, -0.2) is 4.98 Å². The molecule has 1 amide bonds. The Balaban J connectivity index is 1.73. The number of aromatic nitrogens is 2. The number of para-hydroxylation sites is 1. The molecule has 3 aromatic rings. The van der Waals surface area contributed by atoms with E-state index >= 15 is 0 Å². The first-order valence-corrected chi connectivity index (χ1v) is 10.5. The summed E-state index contributed by atoms with van der Waals surface area (Å²) in [5.74, 6) is -0.347. The number of rotatable bonds is 3. The van der Waals surface area contributed by atoms with Crippen LogP contribution in [0.25, 0.3) is 10.2 Å². The summed E-state index contributed by atoms with van der Waals surface area (Å²) in [5, 5.41) is 2.87. The number of hydrogen-bond donors (Lipinski definition) is 1. The molecule has 0 fully saturated rings. The number of amides is 1. The minimum absolute atomic E-state index is 0.316. The SMILES string of the molecule is Cc1nc2sc3c(c2c(=O)n1C(C)C(=O)Nc1ccccc1C(F)(F)F)CCCC3. The molecular formula is C21H20F3N3O2S. The van der Waals surface area contributed by atoms with Gasteiger partial charge in [0.2, 0.25) is 5.91 Å². The Morgan fingerprint density at radius 1 is 1.23 bits per heavy atom. The Labute approximate surface area is 174 Å². The maximum atomic E-state index is 13.3. The average Bonchev–Trinajstić information content (AvgIpc) is 3.05. The van der Waals surface area contributed by atoms with Gasteiger partial charge in [-0.05, 0) is 57.2 Å². The van der Waals surface area contributed by atoms with Crippen molar-refractivity contribution in [3.05, 3.63) is 56.4 Å². The van der Waals surface area contributed by atoms with Gasteiger partial charge in [-0.1, -0.05) is 12.1 Å². The quantitative estimate of drug-likeness (QED) is 0.639. The second-order valence-corrected chi connectivity index (χ2v) is 8.52. The highest BCUT2D eigenvalue weighted by molar-refractivity contribution is 7.18. The Hall–Kier alpha value is -2.68. The van der Waals surface area contributed by atoms with Crippen LogP contribution in [-0.4, -0.2) is 15.5 Å². The van der Waals surface area contributed by atoms with E-state index in [0.717, 1.165) is 42.2 Å². The first-order chi connectivity index (χ1) is 14.2. The van der Waals surface area contributed by atoms with Crippen LogP contribution in [0, 0.1) is 6.92 Å². The van der Waals surface area contributed by atoms with Crippen molar-refractivity contribution in [3.8, 4) is 0 Å². The van der Waals surface area contributed by atoms with E-state index in [1.807, 2.05) is 0 Å². The number of thiophene rings is 1. The second kappa shape index (κ2) is 7.54. The van der Waals surface area contributed by atoms with Gasteiger partial charge in [-0.3, -0.25) is 14.2 Å². The summed E-state index contributed by atoms with van der Waals surface area (Å²) >= 11 is 1.51. The number of hydrogen-bond acceptors (Lipinski definition) is 4. The maximum Gasteiger partial charge on any atom is 0.418 e. The molecule has 2 heterocycles. The van der Waals surface area contributed by atoms with Crippen molar-refractivity contribution in [1.82, 2.24) is 9.55 Å². The third kappa shape index (κ3) is 3.51. The molecule has 30 heavy (non-hydrogen) atoms. The van der Waals surface area contributed by atoms with E-state index in [9.17, 15) is 22.8 Å². The molecular weight excluding hydrogens is 415 g/mol. The van der Waals surface area contributed by atoms with E-state index in [1.165, 1.54) is 41.0 Å². The molecule has 1 unspecified atom stereocenters. The zero-order valence-electron chi connectivity index (χ0n) is 16.5. The Morgan fingerprint density at radius 2 is 1.93 bits per heavy atom. The van der Waals surface area contributed by atoms with E-state index in [1.54, 1.807) is 6.92 Å². The summed E-state index contributed by atoms with van der Waals surface area (Å²) in [5.41, 5.74) is -0.587. The molecule has 158 valence electrons. The predicted molar refractivity (Wildman–Crippen MR) is 110 cm³/mol. The third-order valence-electron chi connectivity index (χ3n) is 5.45. The first kappa shape index (κ1) is 20.6. The summed E-state index contributed by atoms with van der Waals surface area (Å²) < 4.78 is 41.0. The zero-order chi connectivity index (χ0) is 21.6. The van der Waals surface area contributed by atoms with Crippen LogP contribution in [0.3, 0.4) is 0 Å². The smallest absolute Gasteiger partial charge is 0.324 e. The van der Waals surface area contributed by atoms with Crippen LogP contribution in [0.1, 0.15) is 47.6 Å². The number of halogens is 3. The Morgan fingerprint density at radius 3 is 2.67 bits per heavy atom. The van der Waals surface area contributed by atoms with Crippen molar-refractivity contribution in [3.63, 3.8) is 0 Å². The van der Waals surface area contributed by atoms with Crippen LogP contribution in [0.2, 0.25) is 0 Å². The fraction of sp³-hybridized carbons (Fsp3) is 0.381. The van der Waals surface area contributed by atoms with Crippen molar-refractivity contribution < 1.29 is 18.0 Å². The van der Waals surface area contributed by atoms with Crippen molar-refractivity contribution in [2.75, 3.05) is 5.32 Å². The van der Waals surface area contributed by atoms with E-state index in [-0.39, 0.29) is 11.2 Å². The van der Waals surface area contributed by atoms with Crippen LogP contribution in [0.4, 0.5) is 18.9 Å². The Kier molecular flexibility index (Phi) is 5.17. The molecule has 0 saturated heterocycles. The molecule has 0 bridgehead atoms. The van der Waals surface area contributed by atoms with Crippen molar-refractivity contribution >= 4 is 33.1 Å². The van der Waals surface area contributed by atoms with Gasteiger partial charge in [0.05, 0.1) is 16.6 Å². The van der Waals surface area contributed by atoms with Gasteiger partial charge >= 0.3 is 6.18 Å². The summed E-state index contributed by atoms with van der Waals surface area (Å²) in [7, 11) is 0. The minimum atomic E-state index is -4.60. The molecule has 0 radical (unpaired) electrons. The summed E-state index contributed by atoms with van der Waals surface area (Å²) in [4.78, 5) is 32.4. The maximum absolute atomic E-state index is 13.3. The number of carbonyl (C=O) groups is 1. The highest BCUT2D eigenvalue weighted by Gasteiger charge is 2.34. The fourth-order valence-corrected chi connectivity index (χ4v) is 5.27. The van der Waals surface area contributed by atoms with Crippen molar-refractivity contribution in [2.24, 2.45) is 0 Å². The van der Waals surface area contributed by atoms with Crippen molar-refractivity contribution in [2.45, 2.75) is 51.7 Å². The standard InChI is InChI=1S/C21H20F3N3O2S/c1-11(18(28)26-15-9-5-4-8-14(15)21(22,23)24)27-12(2)25-19-17(20(27)29)13-7-3-6-10-16(13)30-19/h4-5,8-9,11H,3,6-7,10H2,1-2H3,(H,26,28). The molecule has 0 saturated carbocycles. The van der Waals surface area contributed by atoms with Gasteiger partial charge in [-0.2, -0.15) is 13.2 Å². The molecule has 1 N–H and O–H groups in total. The molecule has 0 spiro atoms. The largest absolute Gasteiger partial charge is 0.418 e. The monoisotopic (exact) mass is 435 g/mol. The molecule has 1 aromatic carbocycles. The van der Waals surface area contributed by atoms with Gasteiger partial charge in [-0.15, -0.1) is 11.3 Å². The molecule has 1 aliphatic carbocycles. The van der Waals surface area contributed by atoms with Gasteiger partial charge < -0.3 is 5.32 Å². The van der Waals surface area contributed by atoms with Gasteiger partial charge in [0.15, 0.2) is 0 Å². The zero-order valence-corrected chi connectivity index (χ0v) is 17.3. The summed E-state index contributed by atoms with van der Waals surface area (Å²) in [6, 6.07) is 3.75. The molecule has 0 aliphatic heterocycles. The lowest BCUT2D eigenvalue weighted by Crippen LogP contribution is -2.34. The number of nitrogens with zero attached hydrogens (tertiary/aromatic N) is 2. The minimum Gasteiger partial charge on any atom is -0.324 e. The Bertz CT molecular complexity index is 1200. The summed E-state index contributed by atoms with van der Waals surface area (Å²) in [6.45, 7) is 3.12. The number of fused-ring (bicyclic) bond motifs is 3. The number of aryl methyl sites for hydroxylation is 3. The van der Waals surface area contributed by atoms with E-state index in [2.05, 4.69) is 10.3 Å². The molecule has 5 nitrogen and oxygen atoms in total. The molecule has 2 aromatic heterocycles. The number of benzene rings is 1. The number of carbonyl (C=O) groups excluding carboxylic acids is 1. The van der Waals surface area contributed by atoms with Gasteiger partial charge in [0.1, 0.15) is 16.7 Å². The second-order valence-electron chi connectivity index (χ2n) is 7.43. The lowest BCUT2D eigenvalue weighted by atomic mass is 9.97. The highest BCUT2D eigenvalue weighted by Crippen LogP contribution is 2.36. The van der Waals surface area contributed by atoms with Gasteiger partial charge in [0, 0.05) is 4.88 Å². The summed E-state index contributed by atoms with van der Waals surface area (Å²) in [6.07, 6.45) is -0.815. The number of alkyl halides is 3. The van der Waals surface area contributed by atoms with Crippen LogP contribution >= 0.6 is 11.3 Å². The first-order valence-electron chi connectivity index (χ1n) is 9.69. The topological polar surface area (TPSA) is 64.0 Å².